The number of nitrogens with zero attached hydrogens (tertiary/aromatic N) is 1. The monoisotopic (exact) mass is 445 g/mol. The van der Waals surface area contributed by atoms with Crippen LogP contribution < -0.4 is 15.4 Å². The molecule has 3 N–H and O–H groups in total. The molecule has 0 bridgehead atoms. The Bertz CT molecular complexity index is 927. The van der Waals surface area contributed by atoms with Crippen molar-refractivity contribution in [1.29, 1.82) is 0 Å². The van der Waals surface area contributed by atoms with Crippen molar-refractivity contribution >= 4 is 29.4 Å². The Morgan fingerprint density at radius 3 is 2.16 bits per heavy atom. The molecule has 0 saturated heterocycles. The fourth-order valence-corrected chi connectivity index (χ4v) is 3.57. The number of benzene rings is 1. The molecule has 164 valence electrons. The van der Waals surface area contributed by atoms with Gasteiger partial charge in [-0.15, -0.1) is 0 Å². The van der Waals surface area contributed by atoms with Gasteiger partial charge in [0, 0.05) is 31.0 Å². The Morgan fingerprint density at radius 1 is 0.968 bits per heavy atom. The summed E-state index contributed by atoms with van der Waals surface area (Å²) in [6.45, 7) is 0.529. The van der Waals surface area contributed by atoms with E-state index in [-0.39, 0.29) is 36.9 Å². The minimum Gasteiger partial charge on any atom is -0.490 e. The number of pyridine rings is 1. The van der Waals surface area contributed by atoms with Gasteiger partial charge in [0.05, 0.1) is 22.6 Å². The number of hydrogen-bond donors (Lipinski definition) is 3. The highest BCUT2D eigenvalue weighted by Crippen LogP contribution is 2.28. The minimum absolute atomic E-state index is 0.00594. The molecule has 2 amide bonds. The summed E-state index contributed by atoms with van der Waals surface area (Å²) in [6, 6.07) is 8.32. The van der Waals surface area contributed by atoms with Crippen LogP contribution in [-0.4, -0.2) is 47.1 Å². The normalized spacial score (nSPS) is 18.1. The van der Waals surface area contributed by atoms with Crippen LogP contribution in [0.5, 0.6) is 5.75 Å². The van der Waals surface area contributed by atoms with Gasteiger partial charge < -0.3 is 20.5 Å². The maximum absolute atomic E-state index is 12.3. The zero-order chi connectivity index (χ0) is 22.2. The first kappa shape index (κ1) is 22.6. The molecule has 1 aromatic carbocycles. The number of carboxylic acid groups (broad SMARTS) is 1. The molecule has 0 unspecified atom stereocenters. The van der Waals surface area contributed by atoms with E-state index in [0.29, 0.717) is 47.6 Å². The van der Waals surface area contributed by atoms with Crippen LogP contribution in [0.15, 0.2) is 42.7 Å². The SMILES string of the molecule is O=C(NCCNC(=O)c1cncc(Cl)c1)c1ccc(OC2CCC(C(=O)O)CC2)cc1. The summed E-state index contributed by atoms with van der Waals surface area (Å²) in [5.74, 6) is -0.944. The molecule has 0 aliphatic heterocycles. The lowest BCUT2D eigenvalue weighted by Gasteiger charge is -2.26. The maximum Gasteiger partial charge on any atom is 0.306 e. The van der Waals surface area contributed by atoms with E-state index >= 15 is 0 Å². The van der Waals surface area contributed by atoms with Gasteiger partial charge in [0.25, 0.3) is 11.8 Å². The van der Waals surface area contributed by atoms with E-state index in [1.807, 2.05) is 0 Å². The smallest absolute Gasteiger partial charge is 0.306 e. The molecule has 1 aliphatic carbocycles. The molecule has 2 aromatic rings. The van der Waals surface area contributed by atoms with Gasteiger partial charge >= 0.3 is 5.97 Å². The number of halogens is 1. The summed E-state index contributed by atoms with van der Waals surface area (Å²) >= 11 is 5.81. The van der Waals surface area contributed by atoms with Crippen LogP contribution in [0.25, 0.3) is 0 Å². The molecule has 1 saturated carbocycles. The molecule has 8 nitrogen and oxygen atoms in total. The molecule has 1 aliphatic rings. The average molecular weight is 446 g/mol. The van der Waals surface area contributed by atoms with Crippen molar-refractivity contribution in [1.82, 2.24) is 15.6 Å². The van der Waals surface area contributed by atoms with E-state index in [0.717, 1.165) is 0 Å². The highest BCUT2D eigenvalue weighted by atomic mass is 35.5. The van der Waals surface area contributed by atoms with Crippen molar-refractivity contribution in [2.24, 2.45) is 5.92 Å². The predicted molar refractivity (Wildman–Crippen MR) is 114 cm³/mol. The third kappa shape index (κ3) is 6.68. The van der Waals surface area contributed by atoms with Crippen LogP contribution in [0.2, 0.25) is 5.02 Å². The number of carboxylic acids is 1. The summed E-state index contributed by atoms with van der Waals surface area (Å²) in [7, 11) is 0. The fourth-order valence-electron chi connectivity index (χ4n) is 3.40. The zero-order valence-corrected chi connectivity index (χ0v) is 17.6. The topological polar surface area (TPSA) is 118 Å². The summed E-state index contributed by atoms with van der Waals surface area (Å²) < 4.78 is 5.91. The largest absolute Gasteiger partial charge is 0.490 e. The van der Waals surface area contributed by atoms with Gasteiger partial charge in [-0.1, -0.05) is 11.6 Å². The Labute approximate surface area is 185 Å². The Kier molecular flexibility index (Phi) is 7.83. The second-order valence-corrected chi connectivity index (χ2v) is 7.79. The molecule has 9 heteroatoms. The molecular formula is C22H24ClN3O5. The molecule has 1 fully saturated rings. The molecule has 0 spiro atoms. The van der Waals surface area contributed by atoms with Gasteiger partial charge in [0.1, 0.15) is 5.75 Å². The van der Waals surface area contributed by atoms with Gasteiger partial charge in [0.15, 0.2) is 0 Å². The maximum atomic E-state index is 12.3. The van der Waals surface area contributed by atoms with Crippen molar-refractivity contribution in [2.45, 2.75) is 31.8 Å². The highest BCUT2D eigenvalue weighted by molar-refractivity contribution is 6.30. The second kappa shape index (κ2) is 10.8. The first-order valence-electron chi connectivity index (χ1n) is 10.1. The number of carbonyl (C=O) groups excluding carboxylic acids is 2. The van der Waals surface area contributed by atoms with Crippen molar-refractivity contribution in [3.8, 4) is 5.75 Å². The molecule has 31 heavy (non-hydrogen) atoms. The number of nitrogens with one attached hydrogen (secondary N) is 2. The van der Waals surface area contributed by atoms with E-state index in [9.17, 15) is 14.4 Å². The number of aromatic nitrogens is 1. The van der Waals surface area contributed by atoms with Crippen LogP contribution in [0.1, 0.15) is 46.4 Å². The number of rotatable bonds is 8. The van der Waals surface area contributed by atoms with Gasteiger partial charge in [-0.25, -0.2) is 0 Å². The first-order chi connectivity index (χ1) is 14.9. The molecule has 1 heterocycles. The Hall–Kier alpha value is -3.13. The van der Waals surface area contributed by atoms with E-state index in [2.05, 4.69) is 15.6 Å². The van der Waals surface area contributed by atoms with Gasteiger partial charge in [-0.2, -0.15) is 0 Å². The molecule has 0 atom stereocenters. The number of ether oxygens (including phenoxy) is 1. The van der Waals surface area contributed by atoms with E-state index < -0.39 is 5.97 Å². The summed E-state index contributed by atoms with van der Waals surface area (Å²) in [6.07, 6.45) is 5.50. The molecule has 1 aromatic heterocycles. The first-order valence-corrected chi connectivity index (χ1v) is 10.5. The second-order valence-electron chi connectivity index (χ2n) is 7.36. The van der Waals surface area contributed by atoms with Crippen LogP contribution >= 0.6 is 11.6 Å². The van der Waals surface area contributed by atoms with Crippen molar-refractivity contribution in [3.05, 3.63) is 58.9 Å². The molecular weight excluding hydrogens is 422 g/mol. The third-order valence-electron chi connectivity index (χ3n) is 5.11. The fraction of sp³-hybridized carbons (Fsp3) is 0.364. The van der Waals surface area contributed by atoms with E-state index in [1.54, 1.807) is 24.3 Å². The lowest BCUT2D eigenvalue weighted by atomic mass is 9.87. The van der Waals surface area contributed by atoms with Crippen LogP contribution in [0, 0.1) is 5.92 Å². The zero-order valence-electron chi connectivity index (χ0n) is 16.8. The average Bonchev–Trinajstić information content (AvgIpc) is 2.77. The van der Waals surface area contributed by atoms with Crippen LogP contribution in [-0.2, 0) is 4.79 Å². The van der Waals surface area contributed by atoms with Gasteiger partial charge in [-0.3, -0.25) is 19.4 Å². The minimum atomic E-state index is -0.741. The van der Waals surface area contributed by atoms with Crippen molar-refractivity contribution < 1.29 is 24.2 Å². The standard InChI is InChI=1S/C22H24ClN3O5/c23-17-11-16(12-24-13-17)21(28)26-10-9-25-20(27)14-1-5-18(6-2-14)31-19-7-3-15(4-8-19)22(29)30/h1-2,5-6,11-13,15,19H,3-4,7-10H2,(H,25,27)(H,26,28)(H,29,30). The number of carbonyl (C=O) groups is 3. The van der Waals surface area contributed by atoms with Crippen LogP contribution in [0.3, 0.4) is 0 Å². The summed E-state index contributed by atoms with van der Waals surface area (Å²) in [4.78, 5) is 39.1. The van der Waals surface area contributed by atoms with E-state index in [1.165, 1.54) is 18.5 Å². The van der Waals surface area contributed by atoms with Gasteiger partial charge in [0.2, 0.25) is 0 Å². The van der Waals surface area contributed by atoms with Crippen molar-refractivity contribution in [2.75, 3.05) is 13.1 Å². The Balaban J connectivity index is 1.39. The Morgan fingerprint density at radius 2 is 1.58 bits per heavy atom. The van der Waals surface area contributed by atoms with Gasteiger partial charge in [-0.05, 0) is 56.0 Å². The van der Waals surface area contributed by atoms with Crippen LogP contribution in [0.4, 0.5) is 0 Å². The van der Waals surface area contributed by atoms with E-state index in [4.69, 9.17) is 21.4 Å². The molecule has 0 radical (unpaired) electrons. The predicted octanol–water partition coefficient (Wildman–Crippen LogP) is 2.92. The quantitative estimate of drug-likeness (QED) is 0.538. The third-order valence-corrected chi connectivity index (χ3v) is 5.31. The lowest BCUT2D eigenvalue weighted by molar-refractivity contribution is -0.143. The number of aliphatic carboxylic acids is 1. The lowest BCUT2D eigenvalue weighted by Crippen LogP contribution is -2.34. The van der Waals surface area contributed by atoms with Crippen molar-refractivity contribution in [3.63, 3.8) is 0 Å². The summed E-state index contributed by atoms with van der Waals surface area (Å²) in [5.41, 5.74) is 0.832. The molecule has 3 rings (SSSR count). The number of amides is 2. The highest BCUT2D eigenvalue weighted by Gasteiger charge is 2.26. The summed E-state index contributed by atoms with van der Waals surface area (Å²) in [5, 5.41) is 14.9. The number of hydrogen-bond acceptors (Lipinski definition) is 5.